The molecule has 13 rings (SSSR count). The number of nitriles is 2. The predicted octanol–water partition coefficient (Wildman–Crippen LogP) is 14.8. The molecule has 62 heavy (non-hydrogen) atoms. The van der Waals surface area contributed by atoms with Gasteiger partial charge in [0.05, 0.1) is 56.1 Å². The molecule has 0 unspecified atom stereocenters. The topological polar surface area (TPSA) is 83.7 Å². The Balaban J connectivity index is 1.10. The molecule has 6 heteroatoms. The van der Waals surface area contributed by atoms with Crippen LogP contribution in [0.4, 0.5) is 0 Å². The number of aromatic nitrogens is 2. The lowest BCUT2D eigenvalue weighted by atomic mass is 9.97. The molecular formula is C56H30N4O2. The molecule has 4 aromatic heterocycles. The SMILES string of the molecule is N#Cc1cc(C#N)cc(-c2ccc(-c3cc(-n4c5ccccc5c5c6oc7ccccc7c6ccc54)cc(-n4c5ccccc5c5c6oc7ccccc7c6ccc54)c3)cc2)c1. The Kier molecular flexibility index (Phi) is 7.05. The summed E-state index contributed by atoms with van der Waals surface area (Å²) in [5.41, 5.74) is 14.4. The second kappa shape index (κ2) is 12.8. The van der Waals surface area contributed by atoms with Gasteiger partial charge in [-0.05, 0) is 107 Å². The molecule has 13 aromatic rings. The van der Waals surface area contributed by atoms with Gasteiger partial charge in [0, 0.05) is 43.7 Å². The Hall–Kier alpha value is -8.84. The van der Waals surface area contributed by atoms with Crippen molar-refractivity contribution in [3.63, 3.8) is 0 Å². The molecule has 9 aromatic carbocycles. The molecule has 0 bridgehead atoms. The fraction of sp³-hybridized carbons (Fsp3) is 0. The lowest BCUT2D eigenvalue weighted by molar-refractivity contribution is 0.672. The van der Waals surface area contributed by atoms with Crippen molar-refractivity contribution in [1.29, 1.82) is 10.5 Å². The number of hydrogen-bond donors (Lipinski definition) is 0. The third kappa shape index (κ3) is 4.84. The summed E-state index contributed by atoms with van der Waals surface area (Å²) in [5.74, 6) is 0. The van der Waals surface area contributed by atoms with E-state index in [1.54, 1.807) is 6.07 Å². The summed E-state index contributed by atoms with van der Waals surface area (Å²) < 4.78 is 18.1. The number of hydrogen-bond acceptors (Lipinski definition) is 4. The van der Waals surface area contributed by atoms with Gasteiger partial charge in [0.1, 0.15) is 22.3 Å². The number of benzene rings is 9. The molecule has 286 valence electrons. The minimum atomic E-state index is 0.456. The standard InChI is InChI=1S/C56H30N4O2/c57-31-33-25-34(32-58)27-37(26-33)35-17-19-36(20-18-35)38-28-39(59-47-13-5-1-11-45(47)53-49(59)23-21-43-41-9-3-7-15-51(41)61-55(43)53)30-40(29-38)60-48-14-6-2-12-46(48)54-50(60)24-22-44-42-10-4-8-16-52(42)62-56(44)54/h1-30H. The Bertz CT molecular complexity index is 3890. The highest BCUT2D eigenvalue weighted by atomic mass is 16.3. The first-order valence-electron chi connectivity index (χ1n) is 20.5. The van der Waals surface area contributed by atoms with Gasteiger partial charge >= 0.3 is 0 Å². The monoisotopic (exact) mass is 790 g/mol. The molecule has 0 N–H and O–H groups in total. The molecule has 0 fully saturated rings. The van der Waals surface area contributed by atoms with Gasteiger partial charge in [-0.2, -0.15) is 10.5 Å². The predicted molar refractivity (Wildman–Crippen MR) is 250 cm³/mol. The molecule has 0 spiro atoms. The van der Waals surface area contributed by atoms with E-state index in [2.05, 4.69) is 161 Å². The van der Waals surface area contributed by atoms with Crippen LogP contribution < -0.4 is 0 Å². The van der Waals surface area contributed by atoms with Gasteiger partial charge in [0.2, 0.25) is 0 Å². The van der Waals surface area contributed by atoms with Crippen molar-refractivity contribution < 1.29 is 8.83 Å². The van der Waals surface area contributed by atoms with E-state index in [9.17, 15) is 10.5 Å². The van der Waals surface area contributed by atoms with Gasteiger partial charge in [0.15, 0.2) is 0 Å². The first-order chi connectivity index (χ1) is 30.6. The lowest BCUT2D eigenvalue weighted by Crippen LogP contribution is -2.00. The molecule has 4 heterocycles. The summed E-state index contributed by atoms with van der Waals surface area (Å²) in [4.78, 5) is 0. The smallest absolute Gasteiger partial charge is 0.145 e. The van der Waals surface area contributed by atoms with Crippen LogP contribution in [0.1, 0.15) is 11.1 Å². The number of para-hydroxylation sites is 4. The van der Waals surface area contributed by atoms with E-state index in [-0.39, 0.29) is 0 Å². The molecule has 0 saturated carbocycles. The van der Waals surface area contributed by atoms with Crippen LogP contribution in [0, 0.1) is 22.7 Å². The van der Waals surface area contributed by atoms with Crippen molar-refractivity contribution in [3.05, 3.63) is 193 Å². The maximum absolute atomic E-state index is 9.69. The Morgan fingerprint density at radius 3 is 1.23 bits per heavy atom. The van der Waals surface area contributed by atoms with Crippen molar-refractivity contribution in [3.8, 4) is 45.8 Å². The molecule has 0 atom stereocenters. The number of nitrogens with zero attached hydrogens (tertiary/aromatic N) is 4. The van der Waals surface area contributed by atoms with Gasteiger partial charge < -0.3 is 18.0 Å². The van der Waals surface area contributed by atoms with Crippen molar-refractivity contribution in [2.24, 2.45) is 0 Å². The highest BCUT2D eigenvalue weighted by Crippen LogP contribution is 2.44. The molecule has 0 amide bonds. The van der Waals surface area contributed by atoms with Crippen LogP contribution in [-0.4, -0.2) is 9.13 Å². The summed E-state index contributed by atoms with van der Waals surface area (Å²) in [7, 11) is 0. The van der Waals surface area contributed by atoms with Crippen LogP contribution >= 0.6 is 0 Å². The Morgan fingerprint density at radius 1 is 0.339 bits per heavy atom. The summed E-state index contributed by atoms with van der Waals surface area (Å²) in [6.07, 6.45) is 0. The maximum Gasteiger partial charge on any atom is 0.145 e. The number of furan rings is 2. The minimum absolute atomic E-state index is 0.456. The van der Waals surface area contributed by atoms with E-state index in [1.807, 2.05) is 36.4 Å². The van der Waals surface area contributed by atoms with Crippen LogP contribution in [0.2, 0.25) is 0 Å². The molecule has 0 radical (unpaired) electrons. The zero-order chi connectivity index (χ0) is 41.1. The van der Waals surface area contributed by atoms with Gasteiger partial charge in [-0.25, -0.2) is 0 Å². The highest BCUT2D eigenvalue weighted by molar-refractivity contribution is 6.25. The van der Waals surface area contributed by atoms with E-state index in [0.717, 1.165) is 121 Å². The fourth-order valence-electron chi connectivity index (χ4n) is 9.82. The zero-order valence-electron chi connectivity index (χ0n) is 32.9. The summed E-state index contributed by atoms with van der Waals surface area (Å²) in [6.45, 7) is 0. The Morgan fingerprint density at radius 2 is 0.758 bits per heavy atom. The average Bonchev–Trinajstić information content (AvgIpc) is 4.09. The van der Waals surface area contributed by atoms with Crippen molar-refractivity contribution in [2.45, 2.75) is 0 Å². The van der Waals surface area contributed by atoms with E-state index in [4.69, 9.17) is 8.83 Å². The normalized spacial score (nSPS) is 11.8. The van der Waals surface area contributed by atoms with Crippen LogP contribution in [0.25, 0.3) is 121 Å². The van der Waals surface area contributed by atoms with Crippen LogP contribution in [0.3, 0.4) is 0 Å². The highest BCUT2D eigenvalue weighted by Gasteiger charge is 2.22. The van der Waals surface area contributed by atoms with Crippen LogP contribution in [0.5, 0.6) is 0 Å². The van der Waals surface area contributed by atoms with Gasteiger partial charge in [0.25, 0.3) is 0 Å². The minimum Gasteiger partial charge on any atom is -0.455 e. The molecule has 6 nitrogen and oxygen atoms in total. The van der Waals surface area contributed by atoms with E-state index >= 15 is 0 Å². The largest absolute Gasteiger partial charge is 0.455 e. The lowest BCUT2D eigenvalue weighted by Gasteiger charge is -2.16. The number of rotatable bonds is 4. The van der Waals surface area contributed by atoms with Gasteiger partial charge in [-0.1, -0.05) is 97.1 Å². The van der Waals surface area contributed by atoms with E-state index in [1.165, 1.54) is 0 Å². The third-order valence-corrected chi connectivity index (χ3v) is 12.5. The van der Waals surface area contributed by atoms with Crippen LogP contribution in [-0.2, 0) is 0 Å². The van der Waals surface area contributed by atoms with Crippen molar-refractivity contribution in [2.75, 3.05) is 0 Å². The molecule has 0 aliphatic heterocycles. The van der Waals surface area contributed by atoms with Gasteiger partial charge in [-0.15, -0.1) is 0 Å². The average molecular weight is 791 g/mol. The van der Waals surface area contributed by atoms with E-state index in [0.29, 0.717) is 11.1 Å². The maximum atomic E-state index is 9.69. The van der Waals surface area contributed by atoms with Crippen LogP contribution in [0.15, 0.2) is 191 Å². The number of fused-ring (bicyclic) bond motifs is 14. The first-order valence-corrected chi connectivity index (χ1v) is 20.5. The Labute approximate surface area is 353 Å². The van der Waals surface area contributed by atoms with Gasteiger partial charge in [-0.3, -0.25) is 0 Å². The second-order valence-corrected chi connectivity index (χ2v) is 15.9. The second-order valence-electron chi connectivity index (χ2n) is 15.9. The molecular weight excluding hydrogens is 761 g/mol. The van der Waals surface area contributed by atoms with Crippen molar-refractivity contribution in [1.82, 2.24) is 9.13 Å². The fourth-order valence-corrected chi connectivity index (χ4v) is 9.82. The van der Waals surface area contributed by atoms with E-state index < -0.39 is 0 Å². The quantitative estimate of drug-likeness (QED) is 0.178. The molecule has 0 saturated heterocycles. The molecule has 0 aliphatic rings. The zero-order valence-corrected chi connectivity index (χ0v) is 32.9. The first kappa shape index (κ1) is 34.1. The summed E-state index contributed by atoms with van der Waals surface area (Å²) in [6, 6.07) is 67.3. The third-order valence-electron chi connectivity index (χ3n) is 12.5. The summed E-state index contributed by atoms with van der Waals surface area (Å²) >= 11 is 0. The summed E-state index contributed by atoms with van der Waals surface area (Å²) in [5, 5.41) is 28.1. The molecule has 0 aliphatic carbocycles. The van der Waals surface area contributed by atoms with Crippen molar-refractivity contribution >= 4 is 87.5 Å².